The van der Waals surface area contributed by atoms with Gasteiger partial charge in [0.2, 0.25) is 9.84 Å². The molecule has 1 aromatic carbocycles. The number of aryl methyl sites for hydroxylation is 1. The van der Waals surface area contributed by atoms with Gasteiger partial charge in [-0.25, -0.2) is 13.2 Å². The summed E-state index contributed by atoms with van der Waals surface area (Å²) in [5.41, 5.74) is 2.47. The largest absolute Gasteiger partial charge is 0.507 e. The highest BCUT2D eigenvalue weighted by atomic mass is 32.2. The highest BCUT2D eigenvalue weighted by molar-refractivity contribution is 7.92. The van der Waals surface area contributed by atoms with E-state index in [9.17, 15) is 28.5 Å². The Morgan fingerprint density at radius 1 is 1.29 bits per heavy atom. The monoisotopic (exact) mass is 506 g/mol. The number of allylic oxidation sites excluding steroid dienone is 3. The van der Waals surface area contributed by atoms with Crippen molar-refractivity contribution in [3.05, 3.63) is 41.0 Å². The minimum atomic E-state index is -4.31. The van der Waals surface area contributed by atoms with Crippen LogP contribution in [0.2, 0.25) is 0 Å². The number of amides is 1. The first-order chi connectivity index (χ1) is 16.5. The molecule has 1 aromatic rings. The van der Waals surface area contributed by atoms with Gasteiger partial charge in [0.05, 0.1) is 0 Å². The average molecular weight is 507 g/mol. The minimum absolute atomic E-state index is 0.0262. The quantitative estimate of drug-likeness (QED) is 0.301. The second kappa shape index (κ2) is 11.0. The fourth-order valence-electron chi connectivity index (χ4n) is 5.32. The number of phenols is 2. The first-order valence-electron chi connectivity index (χ1n) is 12.3. The van der Waals surface area contributed by atoms with E-state index in [-0.39, 0.29) is 35.2 Å². The maximum Gasteiger partial charge on any atom is 0.408 e. The molecule has 0 spiro atoms. The molecule has 194 valence electrons. The molecule has 4 N–H and O–H groups in total. The summed E-state index contributed by atoms with van der Waals surface area (Å²) in [5.74, 6) is -1.12. The molecule has 0 aromatic heterocycles. The molecular weight excluding hydrogens is 468 g/mol. The number of carbonyl (C=O) groups is 1. The number of phenolic OH excluding ortho intramolecular Hbond substituents is 2. The molecule has 1 aliphatic carbocycles. The van der Waals surface area contributed by atoms with Crippen molar-refractivity contribution in [2.45, 2.75) is 75.5 Å². The number of rotatable bonds is 8. The van der Waals surface area contributed by atoms with E-state index in [1.807, 2.05) is 26.8 Å². The third kappa shape index (κ3) is 5.51. The van der Waals surface area contributed by atoms with Crippen LogP contribution in [0.5, 0.6) is 11.5 Å². The lowest BCUT2D eigenvalue weighted by atomic mass is 9.73. The normalized spacial score (nSPS) is 23.1. The number of piperazine rings is 1. The summed E-state index contributed by atoms with van der Waals surface area (Å²) in [6.07, 6.45) is 5.09. The number of benzene rings is 1. The fourth-order valence-corrected chi connectivity index (χ4v) is 7.36. The third-order valence-corrected chi connectivity index (χ3v) is 9.36. The third-order valence-electron chi connectivity index (χ3n) is 7.20. The number of hydrogen-bond donors (Lipinski definition) is 4. The van der Waals surface area contributed by atoms with E-state index in [2.05, 4.69) is 11.9 Å². The Bertz CT molecular complexity index is 1110. The van der Waals surface area contributed by atoms with Crippen molar-refractivity contribution >= 4 is 15.9 Å². The first-order valence-corrected chi connectivity index (χ1v) is 13.9. The summed E-state index contributed by atoms with van der Waals surface area (Å²) in [7, 11) is -4.31. The van der Waals surface area contributed by atoms with Gasteiger partial charge in [0.1, 0.15) is 16.4 Å². The van der Waals surface area contributed by atoms with E-state index < -0.39 is 33.0 Å². The van der Waals surface area contributed by atoms with Gasteiger partial charge < -0.3 is 20.6 Å². The Morgan fingerprint density at radius 3 is 2.63 bits per heavy atom. The molecule has 0 bridgehead atoms. The van der Waals surface area contributed by atoms with Crippen LogP contribution < -0.4 is 5.32 Å². The van der Waals surface area contributed by atoms with Crippen LogP contribution in [-0.2, 0) is 16.3 Å². The maximum absolute atomic E-state index is 14.0. The van der Waals surface area contributed by atoms with Crippen LogP contribution in [0.25, 0.3) is 0 Å². The lowest BCUT2D eigenvalue weighted by Gasteiger charge is -2.35. The van der Waals surface area contributed by atoms with E-state index in [1.54, 1.807) is 0 Å². The smallest absolute Gasteiger partial charge is 0.408 e. The molecule has 3 rings (SSSR count). The van der Waals surface area contributed by atoms with Gasteiger partial charge in [-0.15, -0.1) is 0 Å². The molecule has 0 saturated carbocycles. The van der Waals surface area contributed by atoms with Crippen molar-refractivity contribution in [3.8, 4) is 11.5 Å². The van der Waals surface area contributed by atoms with Crippen molar-refractivity contribution in [2.75, 3.05) is 19.6 Å². The van der Waals surface area contributed by atoms with Crippen molar-refractivity contribution in [2.24, 2.45) is 5.92 Å². The number of hydrogen-bond acceptors (Lipinski definition) is 6. The van der Waals surface area contributed by atoms with Crippen molar-refractivity contribution in [1.82, 2.24) is 10.2 Å². The van der Waals surface area contributed by atoms with Crippen LogP contribution in [0.3, 0.4) is 0 Å². The van der Waals surface area contributed by atoms with Crippen LogP contribution in [0.15, 0.2) is 34.8 Å². The van der Waals surface area contributed by atoms with Gasteiger partial charge in [-0.3, -0.25) is 4.90 Å². The van der Waals surface area contributed by atoms with Gasteiger partial charge in [-0.05, 0) is 57.1 Å². The molecule has 3 atom stereocenters. The van der Waals surface area contributed by atoms with Gasteiger partial charge in [-0.2, -0.15) is 0 Å². The van der Waals surface area contributed by atoms with Crippen LogP contribution in [0, 0.1) is 5.92 Å². The van der Waals surface area contributed by atoms with Gasteiger partial charge in [0.25, 0.3) is 0 Å². The van der Waals surface area contributed by atoms with Crippen molar-refractivity contribution in [1.29, 1.82) is 0 Å². The summed E-state index contributed by atoms with van der Waals surface area (Å²) in [4.78, 5) is 12.5. The molecule has 1 saturated heterocycles. The number of sulfone groups is 1. The number of nitrogens with one attached hydrogen (secondary N) is 1. The minimum Gasteiger partial charge on any atom is -0.507 e. The van der Waals surface area contributed by atoms with Crippen LogP contribution in [-0.4, -0.2) is 59.7 Å². The Morgan fingerprint density at radius 2 is 2.00 bits per heavy atom. The fraction of sp³-hybridized carbons (Fsp3) is 0.577. The second-order valence-electron chi connectivity index (χ2n) is 9.81. The molecule has 1 aliphatic heterocycles. The topological polar surface area (TPSA) is 127 Å². The Kier molecular flexibility index (Phi) is 8.54. The van der Waals surface area contributed by atoms with Gasteiger partial charge in [0.15, 0.2) is 5.37 Å². The Balaban J connectivity index is 2.24. The summed E-state index contributed by atoms with van der Waals surface area (Å²) >= 11 is 0. The van der Waals surface area contributed by atoms with Gasteiger partial charge >= 0.3 is 6.09 Å². The number of carboxylic acid groups (broad SMARTS) is 1. The van der Waals surface area contributed by atoms with Crippen molar-refractivity contribution in [3.63, 3.8) is 0 Å². The molecular formula is C26H38N2O6S. The second-order valence-corrected chi connectivity index (χ2v) is 11.9. The van der Waals surface area contributed by atoms with Crippen LogP contribution in [0.4, 0.5) is 4.79 Å². The Hall–Kier alpha value is -2.52. The van der Waals surface area contributed by atoms with Gasteiger partial charge in [-0.1, -0.05) is 43.6 Å². The number of nitrogens with zero attached hydrogens (tertiary/aromatic N) is 1. The Labute approximate surface area is 208 Å². The molecule has 1 amide bonds. The zero-order chi connectivity index (χ0) is 25.9. The number of aromatic hydroxyl groups is 2. The molecule has 2 aliphatic rings. The number of unbranched alkanes of at least 4 members (excludes halogenated alkanes) is 2. The van der Waals surface area contributed by atoms with E-state index in [4.69, 9.17) is 0 Å². The maximum atomic E-state index is 14.0. The first kappa shape index (κ1) is 27.1. The zero-order valence-corrected chi connectivity index (χ0v) is 21.7. The molecule has 8 nitrogen and oxygen atoms in total. The molecule has 3 unspecified atom stereocenters. The van der Waals surface area contributed by atoms with E-state index in [1.165, 1.54) is 6.07 Å². The van der Waals surface area contributed by atoms with E-state index in [0.717, 1.165) is 41.7 Å². The predicted molar refractivity (Wildman–Crippen MR) is 136 cm³/mol. The average Bonchev–Trinajstić information content (AvgIpc) is 2.78. The lowest BCUT2D eigenvalue weighted by Crippen LogP contribution is -2.56. The van der Waals surface area contributed by atoms with Gasteiger partial charge in [0, 0.05) is 31.1 Å². The standard InChI is InChI=1S/C26H38N2O6S/c1-5-6-7-8-18-14-21(29)23(20-13-17(4)9-10-19(20)16(2)3)24(30)25(18)35(33,34)22-15-27-11-12-28(22)26(31)32/h13-14,19-20,22,27,29-30H,2,5-12,15H2,1,3-4H3,(H,31,32). The lowest BCUT2D eigenvalue weighted by molar-refractivity contribution is 0.130. The zero-order valence-electron chi connectivity index (χ0n) is 20.9. The highest BCUT2D eigenvalue weighted by Crippen LogP contribution is 2.49. The predicted octanol–water partition coefficient (Wildman–Crippen LogP) is 4.53. The summed E-state index contributed by atoms with van der Waals surface area (Å²) in [6.45, 7) is 10.3. The SMILES string of the molecule is C=C(C)C1CCC(C)=CC1c1c(O)cc(CCCCC)c(S(=O)(=O)C2CNCCN2C(=O)O)c1O. The molecule has 9 heteroatoms. The molecule has 35 heavy (non-hydrogen) atoms. The summed E-state index contributed by atoms with van der Waals surface area (Å²) in [6, 6.07) is 1.45. The highest BCUT2D eigenvalue weighted by Gasteiger charge is 2.42. The van der Waals surface area contributed by atoms with E-state index in [0.29, 0.717) is 24.9 Å². The van der Waals surface area contributed by atoms with Crippen LogP contribution >= 0.6 is 0 Å². The van der Waals surface area contributed by atoms with Crippen molar-refractivity contribution < 1.29 is 28.5 Å². The summed E-state index contributed by atoms with van der Waals surface area (Å²) < 4.78 is 28.0. The molecule has 1 fully saturated rings. The summed E-state index contributed by atoms with van der Waals surface area (Å²) in [5, 5.41) is 33.9. The van der Waals surface area contributed by atoms with Crippen LogP contribution in [0.1, 0.15) is 69.9 Å². The molecule has 1 heterocycles. The molecule has 0 radical (unpaired) electrons. The van der Waals surface area contributed by atoms with E-state index >= 15 is 0 Å².